The predicted molar refractivity (Wildman–Crippen MR) is 323 cm³/mol. The van der Waals surface area contributed by atoms with Crippen LogP contribution in [0.3, 0.4) is 0 Å². The number of benzene rings is 9. The SMILES string of the molecule is CCCCCc1ccc(C#Cc2ccc(C(=O)c3cc(C#Cc4ccc(CCCCC)cc4)c4ccc5c(C#Cc6ccc(CCCCC)cc6)cc(C#Cc6ccc(CCCCC)cc6)c6ccc3c4c56)cc2)cc1. The molecule has 0 saturated carbocycles. The number of carbonyl (C=O) groups excluding carboxylic acids is 1. The number of ketones is 1. The lowest BCUT2D eigenvalue weighted by molar-refractivity contribution is 0.104. The van der Waals surface area contributed by atoms with Crippen LogP contribution in [-0.2, 0) is 25.7 Å². The van der Waals surface area contributed by atoms with Gasteiger partial charge in [-0.15, -0.1) is 0 Å². The van der Waals surface area contributed by atoms with Crippen LogP contribution >= 0.6 is 0 Å². The molecule has 1 nitrogen and oxygen atoms in total. The maximum absolute atomic E-state index is 15.1. The minimum atomic E-state index is -0.0631. The van der Waals surface area contributed by atoms with Crippen molar-refractivity contribution in [3.05, 3.63) is 236 Å². The zero-order valence-electron chi connectivity index (χ0n) is 45.2. The summed E-state index contributed by atoms with van der Waals surface area (Å²) in [4.78, 5) is 15.1. The van der Waals surface area contributed by atoms with Crippen molar-refractivity contribution in [2.24, 2.45) is 0 Å². The summed E-state index contributed by atoms with van der Waals surface area (Å²) in [5, 5.41) is 5.95. The minimum Gasteiger partial charge on any atom is -0.289 e. The maximum atomic E-state index is 15.1. The molecule has 0 aromatic heterocycles. The van der Waals surface area contributed by atoms with Crippen LogP contribution in [0.5, 0.6) is 0 Å². The first-order valence-electron chi connectivity index (χ1n) is 28.3. The molecule has 1 heteroatoms. The Morgan fingerprint density at radius 2 is 0.579 bits per heavy atom. The van der Waals surface area contributed by atoms with Crippen molar-refractivity contribution in [1.29, 1.82) is 0 Å². The summed E-state index contributed by atoms with van der Waals surface area (Å²) in [6.07, 6.45) is 18.9. The molecule has 0 unspecified atom stereocenters. The van der Waals surface area contributed by atoms with Gasteiger partial charge in [-0.1, -0.05) is 199 Å². The van der Waals surface area contributed by atoms with Crippen LogP contribution in [0.1, 0.15) is 187 Å². The summed E-state index contributed by atoms with van der Waals surface area (Å²) in [6, 6.07) is 55.2. The van der Waals surface area contributed by atoms with Crippen LogP contribution in [0, 0.1) is 47.4 Å². The van der Waals surface area contributed by atoms with Crippen LogP contribution in [-0.4, -0.2) is 5.78 Å². The first-order chi connectivity index (χ1) is 37.4. The Kier molecular flexibility index (Phi) is 18.4. The Bertz CT molecular complexity index is 3580. The summed E-state index contributed by atoms with van der Waals surface area (Å²) < 4.78 is 0. The Hall–Kier alpha value is -8.07. The zero-order chi connectivity index (χ0) is 52.5. The Morgan fingerprint density at radius 3 is 0.908 bits per heavy atom. The Labute approximate surface area is 453 Å². The van der Waals surface area contributed by atoms with Crippen molar-refractivity contribution in [3.63, 3.8) is 0 Å². The van der Waals surface area contributed by atoms with Crippen LogP contribution in [0.25, 0.3) is 32.3 Å². The third kappa shape index (κ3) is 13.4. The zero-order valence-corrected chi connectivity index (χ0v) is 45.2. The molecule has 9 aromatic rings. The second-order valence-corrected chi connectivity index (χ2v) is 20.5. The lowest BCUT2D eigenvalue weighted by atomic mass is 9.84. The lowest BCUT2D eigenvalue weighted by Crippen LogP contribution is -2.04. The monoisotopic (exact) mass is 987 g/mol. The molecule has 0 amide bonds. The molecule has 0 aliphatic carbocycles. The molecule has 0 bridgehead atoms. The van der Waals surface area contributed by atoms with Crippen LogP contribution in [0.2, 0.25) is 0 Å². The molecule has 376 valence electrons. The fourth-order valence-corrected chi connectivity index (χ4v) is 10.2. The molecular formula is C75H70O. The Morgan fingerprint density at radius 1 is 0.303 bits per heavy atom. The van der Waals surface area contributed by atoms with Gasteiger partial charge in [0.1, 0.15) is 0 Å². The van der Waals surface area contributed by atoms with E-state index in [1.54, 1.807) is 0 Å². The van der Waals surface area contributed by atoms with Crippen LogP contribution in [0.4, 0.5) is 0 Å². The molecule has 9 rings (SSSR count). The highest BCUT2D eigenvalue weighted by molar-refractivity contribution is 6.30. The molecular weight excluding hydrogens is 917 g/mol. The van der Waals surface area contributed by atoms with Crippen LogP contribution < -0.4 is 0 Å². The molecule has 0 radical (unpaired) electrons. The number of aryl methyl sites for hydroxylation is 4. The van der Waals surface area contributed by atoms with E-state index < -0.39 is 0 Å². The van der Waals surface area contributed by atoms with Gasteiger partial charge in [0, 0.05) is 55.6 Å². The van der Waals surface area contributed by atoms with Gasteiger partial charge in [-0.25, -0.2) is 0 Å². The number of rotatable bonds is 18. The van der Waals surface area contributed by atoms with Crippen molar-refractivity contribution < 1.29 is 4.79 Å². The minimum absolute atomic E-state index is 0.0631. The summed E-state index contributed by atoms with van der Waals surface area (Å²) in [5.74, 6) is 28.0. The number of carbonyl (C=O) groups is 1. The van der Waals surface area contributed by atoms with Gasteiger partial charge in [-0.3, -0.25) is 4.79 Å². The quantitative estimate of drug-likeness (QED) is 0.0362. The summed E-state index contributed by atoms with van der Waals surface area (Å²) >= 11 is 0. The van der Waals surface area contributed by atoms with Gasteiger partial charge >= 0.3 is 0 Å². The van der Waals surface area contributed by atoms with E-state index in [1.807, 2.05) is 30.3 Å². The fraction of sp³-hybridized carbons (Fsp3) is 0.267. The van der Waals surface area contributed by atoms with E-state index in [4.69, 9.17) is 0 Å². The third-order valence-corrected chi connectivity index (χ3v) is 14.8. The third-order valence-electron chi connectivity index (χ3n) is 14.8. The average Bonchev–Trinajstić information content (AvgIpc) is 3.51. The molecule has 9 aromatic carbocycles. The normalized spacial score (nSPS) is 10.8. The van der Waals surface area contributed by atoms with Crippen LogP contribution in [0.15, 0.2) is 158 Å². The number of unbranched alkanes of at least 4 members (excludes halogenated alkanes) is 8. The van der Waals surface area contributed by atoms with Crippen molar-refractivity contribution in [2.45, 2.75) is 130 Å². The van der Waals surface area contributed by atoms with E-state index in [2.05, 4.69) is 202 Å². The van der Waals surface area contributed by atoms with E-state index in [1.165, 1.54) is 99.3 Å². The van der Waals surface area contributed by atoms with E-state index in [-0.39, 0.29) is 5.78 Å². The molecule has 76 heavy (non-hydrogen) atoms. The van der Waals surface area contributed by atoms with Gasteiger partial charge in [0.25, 0.3) is 0 Å². The van der Waals surface area contributed by atoms with E-state index in [0.29, 0.717) is 11.1 Å². The van der Waals surface area contributed by atoms with Gasteiger partial charge < -0.3 is 0 Å². The summed E-state index contributed by atoms with van der Waals surface area (Å²) in [7, 11) is 0. The van der Waals surface area contributed by atoms with Crippen molar-refractivity contribution in [2.75, 3.05) is 0 Å². The van der Waals surface area contributed by atoms with Crippen molar-refractivity contribution in [1.82, 2.24) is 0 Å². The maximum Gasteiger partial charge on any atom is 0.193 e. The second-order valence-electron chi connectivity index (χ2n) is 20.5. The Balaban J connectivity index is 1.16. The molecule has 0 atom stereocenters. The molecule has 0 aliphatic heterocycles. The number of hydrogen-bond donors (Lipinski definition) is 0. The molecule has 0 N–H and O–H groups in total. The second kappa shape index (κ2) is 26.4. The van der Waals surface area contributed by atoms with E-state index in [9.17, 15) is 0 Å². The van der Waals surface area contributed by atoms with Gasteiger partial charge in [0.2, 0.25) is 0 Å². The average molecular weight is 987 g/mol. The predicted octanol–water partition coefficient (Wildman–Crippen LogP) is 18.3. The number of hydrogen-bond acceptors (Lipinski definition) is 1. The van der Waals surface area contributed by atoms with E-state index in [0.717, 1.165) is 103 Å². The fourth-order valence-electron chi connectivity index (χ4n) is 10.2. The molecule has 0 heterocycles. The van der Waals surface area contributed by atoms with Gasteiger partial charge in [-0.05, 0) is 191 Å². The largest absolute Gasteiger partial charge is 0.289 e. The first kappa shape index (κ1) is 52.8. The molecule has 0 saturated heterocycles. The topological polar surface area (TPSA) is 17.1 Å². The van der Waals surface area contributed by atoms with E-state index >= 15 is 4.79 Å². The molecule has 0 spiro atoms. The van der Waals surface area contributed by atoms with Crippen molar-refractivity contribution in [3.8, 4) is 47.4 Å². The van der Waals surface area contributed by atoms with Gasteiger partial charge in [0.15, 0.2) is 5.78 Å². The van der Waals surface area contributed by atoms with Gasteiger partial charge in [-0.2, -0.15) is 0 Å². The highest BCUT2D eigenvalue weighted by atomic mass is 16.1. The highest BCUT2D eigenvalue weighted by Gasteiger charge is 2.21. The summed E-state index contributed by atoms with van der Waals surface area (Å²) in [5.41, 5.74) is 13.9. The molecule has 0 aliphatic rings. The highest BCUT2D eigenvalue weighted by Crippen LogP contribution is 2.41. The first-order valence-corrected chi connectivity index (χ1v) is 28.3. The standard InChI is InChI=1S/C75H70O/c1-5-9-13-17-55-21-29-59(30-22-55)37-38-63-39-44-64(45-40-63)75(76)72-54-67(48-43-62-35-27-58(28-36-62)20-16-12-8-4)70-50-49-68-65(46-41-60-31-23-56(24-32-60)18-14-10-6-2)53-66(69-51-52-71(72)74(70)73(68)69)47-42-61-33-25-57(26-34-61)19-15-11-7-3/h21-36,39-40,44-45,49-54H,5-20H2,1-4H3. The van der Waals surface area contributed by atoms with Crippen molar-refractivity contribution >= 4 is 38.1 Å². The van der Waals surface area contributed by atoms with Gasteiger partial charge in [0.05, 0.1) is 0 Å². The smallest absolute Gasteiger partial charge is 0.193 e. The summed E-state index contributed by atoms with van der Waals surface area (Å²) in [6.45, 7) is 8.97. The lowest BCUT2D eigenvalue weighted by Gasteiger charge is -2.17. The molecule has 0 fully saturated rings.